The number of nitrogens with one attached hydrogen (secondary N) is 1. The third-order valence-electron chi connectivity index (χ3n) is 2.75. The highest BCUT2D eigenvalue weighted by Gasteiger charge is 2.16. The van der Waals surface area contributed by atoms with Crippen LogP contribution < -0.4 is 5.32 Å². The van der Waals surface area contributed by atoms with Crippen LogP contribution in [-0.2, 0) is 6.42 Å². The second-order valence-electron chi connectivity index (χ2n) is 3.91. The van der Waals surface area contributed by atoms with Crippen LogP contribution in [0.1, 0.15) is 16.5 Å². The predicted octanol–water partition coefficient (Wildman–Crippen LogP) is 4.70. The first-order valence-electron chi connectivity index (χ1n) is 5.46. The number of hydrogen-bond acceptors (Lipinski definition) is 2. The Kier molecular flexibility index (Phi) is 4.62. The third-order valence-corrected chi connectivity index (χ3v) is 4.46. The van der Waals surface area contributed by atoms with Crippen molar-refractivity contribution in [3.8, 4) is 0 Å². The Morgan fingerprint density at radius 3 is 2.67 bits per heavy atom. The molecule has 1 N–H and O–H groups in total. The fourth-order valence-electron chi connectivity index (χ4n) is 1.79. The highest BCUT2D eigenvalue weighted by molar-refractivity contribution is 7.10. The van der Waals surface area contributed by atoms with Crippen molar-refractivity contribution in [3.63, 3.8) is 0 Å². The fourth-order valence-corrected chi connectivity index (χ4v) is 3.25. The minimum atomic E-state index is -0.282. The summed E-state index contributed by atoms with van der Waals surface area (Å²) < 4.78 is 13.7. The van der Waals surface area contributed by atoms with Crippen LogP contribution in [0.2, 0.25) is 10.0 Å². The highest BCUT2D eigenvalue weighted by atomic mass is 35.5. The van der Waals surface area contributed by atoms with Gasteiger partial charge in [-0.25, -0.2) is 4.39 Å². The van der Waals surface area contributed by atoms with Crippen LogP contribution in [0.25, 0.3) is 0 Å². The summed E-state index contributed by atoms with van der Waals surface area (Å²) in [4.78, 5) is 1.02. The number of likely N-dealkylation sites (N-methyl/N-ethyl adjacent to an activating group) is 1. The van der Waals surface area contributed by atoms with Gasteiger partial charge in [-0.2, -0.15) is 0 Å². The zero-order valence-electron chi connectivity index (χ0n) is 9.71. The molecule has 0 fully saturated rings. The summed E-state index contributed by atoms with van der Waals surface area (Å²) in [6, 6.07) is 6.60. The molecular weight excluding hydrogens is 292 g/mol. The molecule has 0 aliphatic carbocycles. The first-order chi connectivity index (χ1) is 8.61. The first kappa shape index (κ1) is 13.8. The predicted molar refractivity (Wildman–Crippen MR) is 76.2 cm³/mol. The van der Waals surface area contributed by atoms with Crippen molar-refractivity contribution < 1.29 is 4.39 Å². The molecule has 1 unspecified atom stereocenters. The number of hydrogen-bond donors (Lipinski definition) is 1. The minimum absolute atomic E-state index is 0.00757. The molecule has 2 aromatic rings. The fraction of sp³-hybridized carbons (Fsp3) is 0.231. The average molecular weight is 304 g/mol. The Labute approximate surface area is 120 Å². The van der Waals surface area contributed by atoms with Crippen molar-refractivity contribution in [2.75, 3.05) is 7.05 Å². The van der Waals surface area contributed by atoms with Gasteiger partial charge in [-0.3, -0.25) is 0 Å². The van der Waals surface area contributed by atoms with Crippen LogP contribution in [-0.4, -0.2) is 7.05 Å². The average Bonchev–Trinajstić information content (AvgIpc) is 2.75. The van der Waals surface area contributed by atoms with Gasteiger partial charge in [0.1, 0.15) is 5.82 Å². The van der Waals surface area contributed by atoms with Gasteiger partial charge in [-0.15, -0.1) is 11.3 Å². The van der Waals surface area contributed by atoms with Crippen LogP contribution in [0.4, 0.5) is 4.39 Å². The molecule has 0 aliphatic heterocycles. The number of halogens is 3. The van der Waals surface area contributed by atoms with Gasteiger partial charge in [0, 0.05) is 15.9 Å². The molecule has 5 heteroatoms. The van der Waals surface area contributed by atoms with E-state index in [2.05, 4.69) is 5.32 Å². The van der Waals surface area contributed by atoms with Crippen LogP contribution in [0.15, 0.2) is 29.6 Å². The zero-order valence-corrected chi connectivity index (χ0v) is 12.0. The molecule has 0 bridgehead atoms. The van der Waals surface area contributed by atoms with Crippen molar-refractivity contribution >= 4 is 34.5 Å². The minimum Gasteiger partial charge on any atom is -0.312 e. The maximum absolute atomic E-state index is 13.7. The quantitative estimate of drug-likeness (QED) is 0.863. The summed E-state index contributed by atoms with van der Waals surface area (Å²) in [6.45, 7) is 0. The lowest BCUT2D eigenvalue weighted by atomic mass is 10.0. The van der Waals surface area contributed by atoms with Crippen LogP contribution in [0, 0.1) is 5.82 Å². The molecule has 0 radical (unpaired) electrons. The molecule has 0 spiro atoms. The van der Waals surface area contributed by atoms with Gasteiger partial charge in [-0.05, 0) is 42.6 Å². The van der Waals surface area contributed by atoms with E-state index in [9.17, 15) is 4.39 Å². The van der Waals surface area contributed by atoms with E-state index in [1.807, 2.05) is 18.5 Å². The molecule has 0 saturated heterocycles. The van der Waals surface area contributed by atoms with Crippen molar-refractivity contribution in [1.82, 2.24) is 5.32 Å². The van der Waals surface area contributed by atoms with E-state index >= 15 is 0 Å². The summed E-state index contributed by atoms with van der Waals surface area (Å²) in [5.74, 6) is -0.282. The Hall–Kier alpha value is -0.610. The first-order valence-corrected chi connectivity index (χ1v) is 7.09. The molecule has 1 heterocycles. The van der Waals surface area contributed by atoms with Crippen LogP contribution in [0.3, 0.4) is 0 Å². The number of benzene rings is 1. The molecule has 96 valence electrons. The molecule has 0 aliphatic rings. The smallest absolute Gasteiger partial charge is 0.127 e. The lowest BCUT2D eigenvalue weighted by molar-refractivity contribution is 0.560. The van der Waals surface area contributed by atoms with E-state index in [-0.39, 0.29) is 11.9 Å². The second kappa shape index (κ2) is 6.02. The van der Waals surface area contributed by atoms with E-state index < -0.39 is 0 Å². The van der Waals surface area contributed by atoms with E-state index in [1.54, 1.807) is 23.5 Å². The molecule has 1 atom stereocenters. The Bertz CT molecular complexity index is 542. The SMILES string of the molecule is CNC(Cc1ccc(Cl)cc1F)c1sccc1Cl. The maximum Gasteiger partial charge on any atom is 0.127 e. The standard InChI is InChI=1S/C13H12Cl2FNS/c1-17-12(13-10(15)4-5-18-13)6-8-2-3-9(14)7-11(8)16/h2-5,7,12,17H,6H2,1H3. The molecular formula is C13H12Cl2FNS. The van der Waals surface area contributed by atoms with Gasteiger partial charge in [0.25, 0.3) is 0 Å². The Balaban J connectivity index is 2.23. The topological polar surface area (TPSA) is 12.0 Å². The monoisotopic (exact) mass is 303 g/mol. The summed E-state index contributed by atoms with van der Waals surface area (Å²) in [6.07, 6.45) is 0.541. The van der Waals surface area contributed by atoms with Crippen LogP contribution in [0.5, 0.6) is 0 Å². The van der Waals surface area contributed by atoms with E-state index in [1.165, 1.54) is 6.07 Å². The van der Waals surface area contributed by atoms with E-state index in [0.717, 1.165) is 4.88 Å². The van der Waals surface area contributed by atoms with Gasteiger partial charge >= 0.3 is 0 Å². The maximum atomic E-state index is 13.7. The Morgan fingerprint density at radius 1 is 1.33 bits per heavy atom. The van der Waals surface area contributed by atoms with Gasteiger partial charge < -0.3 is 5.32 Å². The van der Waals surface area contributed by atoms with E-state index in [0.29, 0.717) is 22.0 Å². The largest absolute Gasteiger partial charge is 0.312 e. The van der Waals surface area contributed by atoms with E-state index in [4.69, 9.17) is 23.2 Å². The van der Waals surface area contributed by atoms with Gasteiger partial charge in [0.15, 0.2) is 0 Å². The van der Waals surface area contributed by atoms with Crippen molar-refractivity contribution in [2.24, 2.45) is 0 Å². The zero-order chi connectivity index (χ0) is 13.1. The molecule has 1 nitrogen and oxygen atoms in total. The summed E-state index contributed by atoms with van der Waals surface area (Å²) in [7, 11) is 1.84. The summed E-state index contributed by atoms with van der Waals surface area (Å²) in [5, 5.41) is 6.22. The lowest BCUT2D eigenvalue weighted by Crippen LogP contribution is -2.18. The molecule has 0 amide bonds. The second-order valence-corrected chi connectivity index (χ2v) is 5.71. The molecule has 1 aromatic carbocycles. The number of rotatable bonds is 4. The summed E-state index contributed by atoms with van der Waals surface area (Å²) >= 11 is 13.4. The number of thiophene rings is 1. The van der Waals surface area contributed by atoms with Gasteiger partial charge in [-0.1, -0.05) is 29.3 Å². The van der Waals surface area contributed by atoms with Crippen molar-refractivity contribution in [3.05, 3.63) is 55.9 Å². The molecule has 0 saturated carbocycles. The lowest BCUT2D eigenvalue weighted by Gasteiger charge is -2.16. The molecule has 18 heavy (non-hydrogen) atoms. The molecule has 1 aromatic heterocycles. The van der Waals surface area contributed by atoms with Gasteiger partial charge in [0.2, 0.25) is 0 Å². The van der Waals surface area contributed by atoms with Gasteiger partial charge in [0.05, 0.1) is 5.02 Å². The van der Waals surface area contributed by atoms with Crippen LogP contribution >= 0.6 is 34.5 Å². The third kappa shape index (κ3) is 3.04. The summed E-state index contributed by atoms with van der Waals surface area (Å²) in [5.41, 5.74) is 0.628. The molecule has 2 rings (SSSR count). The Morgan fingerprint density at radius 2 is 2.11 bits per heavy atom. The normalized spacial score (nSPS) is 12.7. The highest BCUT2D eigenvalue weighted by Crippen LogP contribution is 2.31. The van der Waals surface area contributed by atoms with Crippen molar-refractivity contribution in [2.45, 2.75) is 12.5 Å². The van der Waals surface area contributed by atoms with Crippen molar-refractivity contribution in [1.29, 1.82) is 0 Å².